The van der Waals surface area contributed by atoms with Crippen molar-refractivity contribution < 1.29 is 23.9 Å². The zero-order valence-electron chi connectivity index (χ0n) is 16.2. The second kappa shape index (κ2) is 7.79. The number of hydrogen-bond acceptors (Lipinski definition) is 7. The average molecular weight is 428 g/mol. The summed E-state index contributed by atoms with van der Waals surface area (Å²) in [6.07, 6.45) is 0. The number of carbonyl (C=O) groups is 3. The molecule has 30 heavy (non-hydrogen) atoms. The summed E-state index contributed by atoms with van der Waals surface area (Å²) in [6.45, 7) is 1.79. The minimum atomic E-state index is -1.06. The van der Waals surface area contributed by atoms with E-state index in [4.69, 9.17) is 21.1 Å². The SMILES string of the molecule is CCOC(=O)C1=NN(c2ccc(Cl)cc2)[C@H]2C(=O)N(c3ccc(OC)cc3)C(=O)[C@@H]12. The molecular weight excluding hydrogens is 410 g/mol. The zero-order chi connectivity index (χ0) is 21.4. The maximum atomic E-state index is 13.3. The van der Waals surface area contributed by atoms with Crippen LogP contribution in [0.3, 0.4) is 0 Å². The zero-order valence-corrected chi connectivity index (χ0v) is 17.0. The largest absolute Gasteiger partial charge is 0.497 e. The van der Waals surface area contributed by atoms with Crippen LogP contribution in [0, 0.1) is 5.92 Å². The summed E-state index contributed by atoms with van der Waals surface area (Å²) in [5, 5.41) is 6.19. The molecule has 1 saturated heterocycles. The van der Waals surface area contributed by atoms with Crippen LogP contribution in [0.4, 0.5) is 11.4 Å². The third-order valence-corrected chi connectivity index (χ3v) is 5.21. The van der Waals surface area contributed by atoms with Gasteiger partial charge >= 0.3 is 5.97 Å². The van der Waals surface area contributed by atoms with Gasteiger partial charge in [0, 0.05) is 5.02 Å². The normalized spacial score (nSPS) is 20.3. The van der Waals surface area contributed by atoms with E-state index in [-0.39, 0.29) is 12.3 Å². The second-order valence-electron chi connectivity index (χ2n) is 6.66. The number of amides is 2. The van der Waals surface area contributed by atoms with Crippen LogP contribution in [-0.4, -0.2) is 43.3 Å². The van der Waals surface area contributed by atoms with Gasteiger partial charge < -0.3 is 9.47 Å². The molecule has 1 fully saturated rings. The highest BCUT2D eigenvalue weighted by atomic mass is 35.5. The first-order valence-corrected chi connectivity index (χ1v) is 9.66. The molecule has 4 rings (SSSR count). The molecule has 2 heterocycles. The number of carbonyl (C=O) groups excluding carboxylic acids is 3. The molecule has 2 aliphatic rings. The van der Waals surface area contributed by atoms with Crippen molar-refractivity contribution >= 4 is 46.5 Å². The predicted molar refractivity (Wildman–Crippen MR) is 111 cm³/mol. The summed E-state index contributed by atoms with van der Waals surface area (Å²) in [6, 6.07) is 12.2. The molecule has 8 nitrogen and oxygen atoms in total. The molecule has 2 aliphatic heterocycles. The molecule has 2 aromatic carbocycles. The second-order valence-corrected chi connectivity index (χ2v) is 7.10. The fourth-order valence-corrected chi connectivity index (χ4v) is 3.71. The number of halogens is 1. The summed E-state index contributed by atoms with van der Waals surface area (Å²) in [4.78, 5) is 40.1. The molecule has 0 spiro atoms. The van der Waals surface area contributed by atoms with Crippen LogP contribution in [0.1, 0.15) is 6.92 Å². The summed E-state index contributed by atoms with van der Waals surface area (Å²) in [5.74, 6) is -2.20. The minimum absolute atomic E-state index is 0.0915. The Morgan fingerprint density at radius 2 is 1.67 bits per heavy atom. The molecule has 2 atom stereocenters. The number of benzene rings is 2. The summed E-state index contributed by atoms with van der Waals surface area (Å²) in [7, 11) is 1.53. The number of imide groups is 1. The Labute approximate surface area is 177 Å². The lowest BCUT2D eigenvalue weighted by atomic mass is 9.98. The molecule has 0 aliphatic carbocycles. The van der Waals surface area contributed by atoms with Crippen molar-refractivity contribution in [2.24, 2.45) is 11.0 Å². The molecular formula is C21H18ClN3O5. The van der Waals surface area contributed by atoms with Crippen molar-refractivity contribution in [3.8, 4) is 5.75 Å². The molecule has 9 heteroatoms. The minimum Gasteiger partial charge on any atom is -0.497 e. The lowest BCUT2D eigenvalue weighted by Crippen LogP contribution is -2.39. The fourth-order valence-electron chi connectivity index (χ4n) is 3.58. The van der Waals surface area contributed by atoms with Crippen molar-refractivity contribution in [1.29, 1.82) is 0 Å². The van der Waals surface area contributed by atoms with Crippen molar-refractivity contribution in [2.45, 2.75) is 13.0 Å². The fraction of sp³-hybridized carbons (Fsp3) is 0.238. The number of rotatable bonds is 5. The number of methoxy groups -OCH3 is 1. The van der Waals surface area contributed by atoms with Crippen LogP contribution in [0.25, 0.3) is 0 Å². The van der Waals surface area contributed by atoms with E-state index < -0.39 is 29.7 Å². The molecule has 0 aromatic heterocycles. The predicted octanol–water partition coefficient (Wildman–Crippen LogP) is 2.65. The van der Waals surface area contributed by atoms with Crippen molar-refractivity contribution in [3.05, 3.63) is 53.6 Å². The quantitative estimate of drug-likeness (QED) is 0.538. The number of fused-ring (bicyclic) bond motifs is 1. The van der Waals surface area contributed by atoms with E-state index in [1.807, 2.05) is 0 Å². The van der Waals surface area contributed by atoms with Gasteiger partial charge in [-0.25, -0.2) is 9.69 Å². The van der Waals surface area contributed by atoms with E-state index in [9.17, 15) is 14.4 Å². The summed E-state index contributed by atoms with van der Waals surface area (Å²) >= 11 is 5.96. The van der Waals surface area contributed by atoms with Crippen LogP contribution in [0.2, 0.25) is 5.02 Å². The number of hydrogen-bond donors (Lipinski definition) is 0. The van der Waals surface area contributed by atoms with Crippen LogP contribution < -0.4 is 14.6 Å². The van der Waals surface area contributed by atoms with Gasteiger partial charge in [0.1, 0.15) is 17.7 Å². The highest BCUT2D eigenvalue weighted by Gasteiger charge is 2.59. The third kappa shape index (κ3) is 3.19. The maximum Gasteiger partial charge on any atom is 0.355 e. The molecule has 0 saturated carbocycles. The van der Waals surface area contributed by atoms with E-state index in [0.29, 0.717) is 22.1 Å². The molecule has 0 unspecified atom stereocenters. The molecule has 2 aromatic rings. The Balaban J connectivity index is 1.76. The van der Waals surface area contributed by atoms with Gasteiger partial charge in [-0.05, 0) is 55.5 Å². The first-order chi connectivity index (χ1) is 14.5. The monoisotopic (exact) mass is 427 g/mol. The van der Waals surface area contributed by atoms with Gasteiger partial charge in [-0.1, -0.05) is 11.6 Å². The van der Waals surface area contributed by atoms with Crippen LogP contribution >= 0.6 is 11.6 Å². The van der Waals surface area contributed by atoms with E-state index >= 15 is 0 Å². The average Bonchev–Trinajstić information content (AvgIpc) is 3.26. The van der Waals surface area contributed by atoms with E-state index in [1.165, 1.54) is 12.1 Å². The third-order valence-electron chi connectivity index (χ3n) is 4.96. The topological polar surface area (TPSA) is 88.5 Å². The number of nitrogens with zero attached hydrogens (tertiary/aromatic N) is 3. The van der Waals surface area contributed by atoms with Gasteiger partial charge in [-0.2, -0.15) is 5.10 Å². The van der Waals surface area contributed by atoms with Gasteiger partial charge in [0.2, 0.25) is 5.91 Å². The Bertz CT molecular complexity index is 1040. The van der Waals surface area contributed by atoms with Crippen LogP contribution in [-0.2, 0) is 19.1 Å². The van der Waals surface area contributed by atoms with Crippen molar-refractivity contribution in [3.63, 3.8) is 0 Å². The smallest absolute Gasteiger partial charge is 0.355 e. The van der Waals surface area contributed by atoms with Gasteiger partial charge in [-0.3, -0.25) is 14.6 Å². The Morgan fingerprint density at radius 3 is 2.27 bits per heavy atom. The first-order valence-electron chi connectivity index (χ1n) is 9.28. The maximum absolute atomic E-state index is 13.3. The van der Waals surface area contributed by atoms with Crippen LogP contribution in [0.15, 0.2) is 53.6 Å². The van der Waals surface area contributed by atoms with Gasteiger partial charge in [0.25, 0.3) is 5.91 Å². The number of hydrazone groups is 1. The molecule has 2 amide bonds. The highest BCUT2D eigenvalue weighted by molar-refractivity contribution is 6.47. The van der Waals surface area contributed by atoms with Gasteiger partial charge in [0.05, 0.1) is 25.1 Å². The van der Waals surface area contributed by atoms with Crippen LogP contribution in [0.5, 0.6) is 5.75 Å². The van der Waals surface area contributed by atoms with Crippen molar-refractivity contribution in [1.82, 2.24) is 0 Å². The first kappa shape index (κ1) is 19.9. The van der Waals surface area contributed by atoms with E-state index in [1.54, 1.807) is 55.5 Å². The van der Waals surface area contributed by atoms with E-state index in [0.717, 1.165) is 4.90 Å². The van der Waals surface area contributed by atoms with E-state index in [2.05, 4.69) is 5.10 Å². The van der Waals surface area contributed by atoms with Crippen molar-refractivity contribution in [2.75, 3.05) is 23.6 Å². The lowest BCUT2D eigenvalue weighted by Gasteiger charge is -2.22. The standard InChI is InChI=1S/C21H18ClN3O5/c1-3-30-21(28)17-16-18(25(23-17)14-6-4-12(22)5-7-14)20(27)24(19(16)26)13-8-10-15(29-2)11-9-13/h4-11,16,18H,3H2,1-2H3/t16-,18+/m0/s1. The summed E-state index contributed by atoms with van der Waals surface area (Å²) in [5.41, 5.74) is 0.831. The molecule has 0 N–H and O–H groups in total. The highest BCUT2D eigenvalue weighted by Crippen LogP contribution is 2.38. The summed E-state index contributed by atoms with van der Waals surface area (Å²) < 4.78 is 10.2. The van der Waals surface area contributed by atoms with Gasteiger partial charge in [-0.15, -0.1) is 0 Å². The number of esters is 1. The Hall–Kier alpha value is -3.39. The molecule has 154 valence electrons. The molecule has 0 radical (unpaired) electrons. The number of ether oxygens (including phenoxy) is 2. The Morgan fingerprint density at radius 1 is 1.03 bits per heavy atom. The Kier molecular flexibility index (Phi) is 5.17. The molecule has 0 bridgehead atoms. The van der Waals surface area contributed by atoms with Gasteiger partial charge in [0.15, 0.2) is 5.71 Å². The number of anilines is 2. The lowest BCUT2D eigenvalue weighted by molar-refractivity contribution is -0.136.